The van der Waals surface area contributed by atoms with Gasteiger partial charge in [-0.2, -0.15) is 10.2 Å². The zero-order chi connectivity index (χ0) is 19.4. The summed E-state index contributed by atoms with van der Waals surface area (Å²) in [7, 11) is 0. The zero-order valence-electron chi connectivity index (χ0n) is 13.6. The number of benzene rings is 1. The van der Waals surface area contributed by atoms with E-state index in [4.69, 9.17) is 10.2 Å². The lowest BCUT2D eigenvalue weighted by molar-refractivity contribution is -0.274. The summed E-state index contributed by atoms with van der Waals surface area (Å²) in [6, 6.07) is 10.6. The first kappa shape index (κ1) is 18.1. The fraction of sp³-hybridized carbons (Fsp3) is 0.118. The molecule has 0 saturated heterocycles. The van der Waals surface area contributed by atoms with Crippen molar-refractivity contribution < 1.29 is 22.3 Å². The number of rotatable bonds is 5. The van der Waals surface area contributed by atoms with E-state index in [1.165, 1.54) is 30.5 Å². The van der Waals surface area contributed by atoms with Gasteiger partial charge in [0.25, 0.3) is 0 Å². The highest BCUT2D eigenvalue weighted by Crippen LogP contribution is 2.28. The molecule has 10 heteroatoms. The summed E-state index contributed by atoms with van der Waals surface area (Å²) in [6.45, 7) is 0.190. The predicted molar refractivity (Wildman–Crippen MR) is 89.3 cm³/mol. The van der Waals surface area contributed by atoms with Gasteiger partial charge in [0.2, 0.25) is 5.95 Å². The molecule has 3 aromatic rings. The van der Waals surface area contributed by atoms with Gasteiger partial charge in [0.15, 0.2) is 11.6 Å². The fourth-order valence-corrected chi connectivity index (χ4v) is 2.30. The summed E-state index contributed by atoms with van der Waals surface area (Å²) >= 11 is 0. The molecule has 0 atom stereocenters. The highest BCUT2D eigenvalue weighted by Gasteiger charge is 2.30. The summed E-state index contributed by atoms with van der Waals surface area (Å²) in [5, 5.41) is 12.4. The normalized spacial score (nSPS) is 11.0. The number of hydrogen-bond donors (Lipinski definition) is 2. The number of hydrogen-bond acceptors (Lipinski definition) is 7. The Balaban J connectivity index is 1.79. The van der Waals surface area contributed by atoms with Gasteiger partial charge < -0.3 is 20.2 Å². The van der Waals surface area contributed by atoms with Crippen LogP contribution >= 0.6 is 0 Å². The lowest BCUT2D eigenvalue weighted by atomic mass is 10.1. The van der Waals surface area contributed by atoms with Crippen LogP contribution in [0.2, 0.25) is 0 Å². The second kappa shape index (κ2) is 7.25. The first-order valence-electron chi connectivity index (χ1n) is 7.56. The number of nitrogens with zero attached hydrogens (tertiary/aromatic N) is 3. The molecule has 27 heavy (non-hydrogen) atoms. The molecule has 7 nitrogen and oxygen atoms in total. The standard InChI is InChI=1S/C17H12F3N5O2/c18-17(19,20)27-11-5-3-10(4-6-11)9-23-15-12(8-21)14(24-16(22)25-15)13-2-1-7-26-13/h1-7H,9H2,(H3,22,23,24,25). The summed E-state index contributed by atoms with van der Waals surface area (Å²) in [4.78, 5) is 8.05. The topological polar surface area (TPSA) is 110 Å². The molecule has 0 bridgehead atoms. The van der Waals surface area contributed by atoms with Crippen LogP contribution in [-0.4, -0.2) is 16.3 Å². The molecule has 0 fully saturated rings. The summed E-state index contributed by atoms with van der Waals surface area (Å²) in [6.07, 6.45) is -3.31. The average molecular weight is 375 g/mol. The third kappa shape index (κ3) is 4.46. The van der Waals surface area contributed by atoms with Gasteiger partial charge in [-0.05, 0) is 29.8 Å². The van der Waals surface area contributed by atoms with Gasteiger partial charge in [0.05, 0.1) is 6.26 Å². The van der Waals surface area contributed by atoms with E-state index in [9.17, 15) is 18.4 Å². The number of aromatic nitrogens is 2. The highest BCUT2D eigenvalue weighted by atomic mass is 19.4. The molecule has 0 aliphatic heterocycles. The number of nitrogen functional groups attached to an aromatic ring is 1. The van der Waals surface area contributed by atoms with E-state index in [2.05, 4.69) is 20.0 Å². The van der Waals surface area contributed by atoms with Crippen LogP contribution in [0.5, 0.6) is 5.75 Å². The van der Waals surface area contributed by atoms with Crippen molar-refractivity contribution in [1.82, 2.24) is 9.97 Å². The van der Waals surface area contributed by atoms with E-state index < -0.39 is 6.36 Å². The van der Waals surface area contributed by atoms with Crippen LogP contribution in [0.1, 0.15) is 11.1 Å². The van der Waals surface area contributed by atoms with Gasteiger partial charge in [0.1, 0.15) is 23.1 Å². The lowest BCUT2D eigenvalue weighted by Crippen LogP contribution is -2.17. The number of nitrogens with one attached hydrogen (secondary N) is 1. The molecule has 0 amide bonds. The number of nitriles is 1. The molecule has 0 aliphatic carbocycles. The third-order valence-corrected chi connectivity index (χ3v) is 3.41. The Bertz CT molecular complexity index is 964. The summed E-state index contributed by atoms with van der Waals surface area (Å²) < 4.78 is 45.6. The quantitative estimate of drug-likeness (QED) is 0.699. The highest BCUT2D eigenvalue weighted by molar-refractivity contribution is 5.71. The number of alkyl halides is 3. The summed E-state index contributed by atoms with van der Waals surface area (Å²) in [5.41, 5.74) is 6.72. The maximum Gasteiger partial charge on any atom is 0.573 e. The van der Waals surface area contributed by atoms with Crippen molar-refractivity contribution in [2.24, 2.45) is 0 Å². The Labute approximate surface area is 151 Å². The molecule has 0 aliphatic rings. The molecule has 0 radical (unpaired) electrons. The average Bonchev–Trinajstić information content (AvgIpc) is 3.14. The fourth-order valence-electron chi connectivity index (χ4n) is 2.30. The Hall–Kier alpha value is -3.74. The van der Waals surface area contributed by atoms with Crippen molar-refractivity contribution in [3.05, 3.63) is 53.8 Å². The van der Waals surface area contributed by atoms with Gasteiger partial charge in [-0.1, -0.05) is 12.1 Å². The minimum absolute atomic E-state index is 0.0585. The maximum atomic E-state index is 12.2. The molecule has 0 saturated carbocycles. The second-order valence-electron chi connectivity index (χ2n) is 5.29. The lowest BCUT2D eigenvalue weighted by Gasteiger charge is -2.11. The van der Waals surface area contributed by atoms with Gasteiger partial charge >= 0.3 is 6.36 Å². The second-order valence-corrected chi connectivity index (χ2v) is 5.29. The van der Waals surface area contributed by atoms with Crippen LogP contribution in [0.25, 0.3) is 11.5 Å². The van der Waals surface area contributed by atoms with Gasteiger partial charge in [-0.3, -0.25) is 0 Å². The number of anilines is 2. The van der Waals surface area contributed by atoms with Crippen LogP contribution < -0.4 is 15.8 Å². The van der Waals surface area contributed by atoms with Gasteiger partial charge in [0, 0.05) is 6.54 Å². The van der Waals surface area contributed by atoms with Crippen LogP contribution in [-0.2, 0) is 6.54 Å². The number of furan rings is 1. The van der Waals surface area contributed by atoms with Gasteiger partial charge in [-0.25, -0.2) is 4.98 Å². The van der Waals surface area contributed by atoms with Crippen molar-refractivity contribution in [3.63, 3.8) is 0 Å². The van der Waals surface area contributed by atoms with Crippen LogP contribution in [0, 0.1) is 11.3 Å². The Morgan fingerprint density at radius 2 is 1.93 bits per heavy atom. The zero-order valence-corrected chi connectivity index (χ0v) is 13.6. The maximum absolute atomic E-state index is 12.2. The van der Waals surface area contributed by atoms with E-state index in [1.54, 1.807) is 12.1 Å². The van der Waals surface area contributed by atoms with Gasteiger partial charge in [-0.15, -0.1) is 13.2 Å². The smallest absolute Gasteiger partial charge is 0.463 e. The molecular formula is C17H12F3N5O2. The largest absolute Gasteiger partial charge is 0.573 e. The van der Waals surface area contributed by atoms with Crippen LogP contribution in [0.3, 0.4) is 0 Å². The molecule has 3 N–H and O–H groups in total. The van der Waals surface area contributed by atoms with E-state index in [-0.39, 0.29) is 35.3 Å². The minimum Gasteiger partial charge on any atom is -0.463 e. The SMILES string of the molecule is N#Cc1c(NCc2ccc(OC(F)(F)F)cc2)nc(N)nc1-c1ccco1. The minimum atomic E-state index is -4.75. The Morgan fingerprint density at radius 3 is 2.52 bits per heavy atom. The molecule has 3 rings (SSSR count). The first-order chi connectivity index (χ1) is 12.9. The molecule has 138 valence electrons. The summed E-state index contributed by atoms with van der Waals surface area (Å²) in [5.74, 6) is 0.163. The van der Waals surface area contributed by atoms with E-state index >= 15 is 0 Å². The Morgan fingerprint density at radius 1 is 1.19 bits per heavy atom. The van der Waals surface area contributed by atoms with Crippen molar-refractivity contribution in [2.45, 2.75) is 12.9 Å². The van der Waals surface area contributed by atoms with E-state index in [0.29, 0.717) is 11.3 Å². The first-order valence-corrected chi connectivity index (χ1v) is 7.56. The Kier molecular flexibility index (Phi) is 4.85. The van der Waals surface area contributed by atoms with Crippen molar-refractivity contribution >= 4 is 11.8 Å². The molecule has 2 aromatic heterocycles. The van der Waals surface area contributed by atoms with E-state index in [0.717, 1.165) is 0 Å². The molecule has 0 spiro atoms. The predicted octanol–water partition coefficient (Wildman–Crippen LogP) is 3.70. The third-order valence-electron chi connectivity index (χ3n) is 3.41. The number of halogens is 3. The number of nitrogens with two attached hydrogens (primary N) is 1. The molecule has 0 unspecified atom stereocenters. The number of ether oxygens (including phenoxy) is 1. The molecule has 2 heterocycles. The molecular weight excluding hydrogens is 363 g/mol. The molecule has 1 aromatic carbocycles. The van der Waals surface area contributed by atoms with Crippen molar-refractivity contribution in [1.29, 1.82) is 5.26 Å². The van der Waals surface area contributed by atoms with Crippen molar-refractivity contribution in [2.75, 3.05) is 11.1 Å². The van der Waals surface area contributed by atoms with E-state index in [1.807, 2.05) is 6.07 Å². The van der Waals surface area contributed by atoms with Crippen LogP contribution in [0.4, 0.5) is 24.9 Å². The van der Waals surface area contributed by atoms with Crippen molar-refractivity contribution in [3.8, 4) is 23.3 Å². The van der Waals surface area contributed by atoms with Crippen LogP contribution in [0.15, 0.2) is 47.1 Å². The monoisotopic (exact) mass is 375 g/mol.